The van der Waals surface area contributed by atoms with Crippen molar-refractivity contribution in [3.8, 4) is 0 Å². The number of carboxylic acid groups (broad SMARTS) is 1. The Morgan fingerprint density at radius 2 is 1.96 bits per heavy atom. The number of hydrogen-bond acceptors (Lipinski definition) is 5. The Morgan fingerprint density at radius 3 is 2.57 bits per heavy atom. The van der Waals surface area contributed by atoms with Crippen LogP contribution in [-0.2, 0) is 20.8 Å². The number of likely N-dealkylation sites (tertiary alicyclic amines) is 1. The first-order valence-corrected chi connectivity index (χ1v) is 9.27. The average Bonchev–Trinajstić information content (AvgIpc) is 3.04. The molecule has 2 aliphatic rings. The maximum absolute atomic E-state index is 12.6. The van der Waals surface area contributed by atoms with E-state index in [4.69, 9.17) is 5.73 Å². The lowest BCUT2D eigenvalue weighted by molar-refractivity contribution is -0.141. The van der Waals surface area contributed by atoms with E-state index in [1.54, 1.807) is 30.0 Å². The number of carbonyl (C=O) groups is 4. The summed E-state index contributed by atoms with van der Waals surface area (Å²) in [5, 5.41) is 14.9. The van der Waals surface area contributed by atoms with E-state index in [0.717, 1.165) is 0 Å². The molecule has 0 saturated carbocycles. The van der Waals surface area contributed by atoms with E-state index < -0.39 is 24.0 Å². The zero-order valence-electron chi connectivity index (χ0n) is 15.6. The topological polar surface area (TPSA) is 142 Å². The van der Waals surface area contributed by atoms with Crippen molar-refractivity contribution < 1.29 is 24.3 Å². The molecule has 1 aromatic carbocycles. The van der Waals surface area contributed by atoms with Crippen LogP contribution in [0.1, 0.15) is 35.7 Å². The first-order valence-electron chi connectivity index (χ1n) is 9.27. The van der Waals surface area contributed by atoms with Gasteiger partial charge in [0.05, 0.1) is 12.5 Å². The fourth-order valence-corrected chi connectivity index (χ4v) is 3.72. The Hall–Kier alpha value is -2.94. The number of nitrogens with one attached hydrogen (secondary N) is 2. The number of rotatable bonds is 5. The van der Waals surface area contributed by atoms with Gasteiger partial charge in [-0.1, -0.05) is 0 Å². The molecule has 1 unspecified atom stereocenters. The van der Waals surface area contributed by atoms with Gasteiger partial charge in [0.25, 0.3) is 5.91 Å². The summed E-state index contributed by atoms with van der Waals surface area (Å²) in [6.45, 7) is 2.45. The molecular weight excluding hydrogens is 364 g/mol. The van der Waals surface area contributed by atoms with Crippen molar-refractivity contribution >= 4 is 29.4 Å². The third-order valence-corrected chi connectivity index (χ3v) is 5.26. The largest absolute Gasteiger partial charge is 0.480 e. The monoisotopic (exact) mass is 388 g/mol. The average molecular weight is 388 g/mol. The van der Waals surface area contributed by atoms with Gasteiger partial charge in [0, 0.05) is 24.3 Å². The number of aliphatic carboxylic acids is 1. The molecule has 28 heavy (non-hydrogen) atoms. The summed E-state index contributed by atoms with van der Waals surface area (Å²) in [5.74, 6) is -2.18. The minimum absolute atomic E-state index is 0.135. The maximum atomic E-state index is 12.6. The van der Waals surface area contributed by atoms with E-state index in [0.29, 0.717) is 42.7 Å². The second-order valence-electron chi connectivity index (χ2n) is 7.34. The highest BCUT2D eigenvalue weighted by atomic mass is 16.4. The molecule has 0 spiro atoms. The van der Waals surface area contributed by atoms with Crippen LogP contribution in [-0.4, -0.2) is 58.9 Å². The number of piperidine rings is 1. The van der Waals surface area contributed by atoms with E-state index in [-0.39, 0.29) is 24.2 Å². The number of benzene rings is 1. The fourth-order valence-electron chi connectivity index (χ4n) is 3.72. The molecule has 9 heteroatoms. The van der Waals surface area contributed by atoms with Crippen molar-refractivity contribution in [3.63, 3.8) is 0 Å². The van der Waals surface area contributed by atoms with Gasteiger partial charge >= 0.3 is 5.97 Å². The van der Waals surface area contributed by atoms with Crippen LogP contribution >= 0.6 is 0 Å². The molecule has 0 aliphatic carbocycles. The summed E-state index contributed by atoms with van der Waals surface area (Å²) < 4.78 is 0. The summed E-state index contributed by atoms with van der Waals surface area (Å²) in [4.78, 5) is 49.4. The Labute approximate surface area is 162 Å². The van der Waals surface area contributed by atoms with Crippen molar-refractivity contribution in [3.05, 3.63) is 29.3 Å². The molecule has 3 amide bonds. The lowest BCUT2D eigenvalue weighted by Gasteiger charge is -2.35. The van der Waals surface area contributed by atoms with Crippen LogP contribution in [0, 0.1) is 5.92 Å². The first-order chi connectivity index (χ1) is 13.3. The van der Waals surface area contributed by atoms with Gasteiger partial charge in [-0.15, -0.1) is 0 Å². The fraction of sp³-hybridized carbons (Fsp3) is 0.474. The second-order valence-corrected chi connectivity index (χ2v) is 7.34. The molecule has 1 fully saturated rings. The number of hydrogen-bond donors (Lipinski definition) is 4. The number of amides is 3. The SMILES string of the molecule is C[C@H](N)C(=O)N1CCC(C(NC(=O)c2ccc3c(c2)CC(=O)N3)C(=O)O)CC1. The quantitative estimate of drug-likeness (QED) is 0.557. The predicted octanol–water partition coefficient (Wildman–Crippen LogP) is -0.0500. The van der Waals surface area contributed by atoms with Gasteiger partial charge in [-0.3, -0.25) is 14.4 Å². The van der Waals surface area contributed by atoms with Gasteiger partial charge in [-0.05, 0) is 49.4 Å². The number of fused-ring (bicyclic) bond motifs is 1. The lowest BCUT2D eigenvalue weighted by atomic mass is 9.88. The summed E-state index contributed by atoms with van der Waals surface area (Å²) >= 11 is 0. The molecule has 3 rings (SSSR count). The highest BCUT2D eigenvalue weighted by molar-refractivity contribution is 6.02. The van der Waals surface area contributed by atoms with Crippen LogP contribution in [0.25, 0.3) is 0 Å². The third kappa shape index (κ3) is 4.14. The summed E-state index contributed by atoms with van der Waals surface area (Å²) in [6.07, 6.45) is 1.14. The Bertz CT molecular complexity index is 815. The normalized spacial score (nSPS) is 18.8. The van der Waals surface area contributed by atoms with Gasteiger partial charge in [0.15, 0.2) is 0 Å². The number of carboxylic acids is 1. The van der Waals surface area contributed by atoms with E-state index >= 15 is 0 Å². The number of anilines is 1. The molecule has 2 atom stereocenters. The Kier molecular flexibility index (Phi) is 5.64. The zero-order chi connectivity index (χ0) is 20.4. The van der Waals surface area contributed by atoms with E-state index in [9.17, 15) is 24.3 Å². The van der Waals surface area contributed by atoms with E-state index in [2.05, 4.69) is 10.6 Å². The van der Waals surface area contributed by atoms with E-state index in [1.807, 2.05) is 0 Å². The molecule has 0 aromatic heterocycles. The lowest BCUT2D eigenvalue weighted by Crippen LogP contribution is -2.52. The number of nitrogens with two attached hydrogens (primary N) is 1. The smallest absolute Gasteiger partial charge is 0.326 e. The van der Waals surface area contributed by atoms with Crippen LogP contribution in [0.15, 0.2) is 18.2 Å². The highest BCUT2D eigenvalue weighted by Gasteiger charge is 2.34. The second kappa shape index (κ2) is 7.97. The minimum Gasteiger partial charge on any atom is -0.480 e. The zero-order valence-corrected chi connectivity index (χ0v) is 15.6. The standard InChI is InChI=1S/C19H24N4O5/c1-10(20)18(26)23-6-4-11(5-7-23)16(19(27)28)22-17(25)12-2-3-14-13(8-12)9-15(24)21-14/h2-3,8,10-11,16H,4-7,9,20H2,1H3,(H,21,24)(H,22,25)(H,27,28)/t10-,16?/m0/s1. The van der Waals surface area contributed by atoms with Crippen molar-refractivity contribution in [2.75, 3.05) is 18.4 Å². The summed E-state index contributed by atoms with van der Waals surface area (Å²) in [5.41, 5.74) is 7.31. The molecule has 2 aliphatic heterocycles. The number of carbonyl (C=O) groups excluding carboxylic acids is 3. The van der Waals surface area contributed by atoms with Gasteiger partial charge in [0.2, 0.25) is 11.8 Å². The van der Waals surface area contributed by atoms with Crippen LogP contribution < -0.4 is 16.4 Å². The van der Waals surface area contributed by atoms with Crippen molar-refractivity contribution in [2.24, 2.45) is 11.7 Å². The van der Waals surface area contributed by atoms with Gasteiger partial charge < -0.3 is 26.4 Å². The molecular formula is C19H24N4O5. The molecule has 5 N–H and O–H groups in total. The molecule has 1 saturated heterocycles. The van der Waals surface area contributed by atoms with Crippen LogP contribution in [0.3, 0.4) is 0 Å². The van der Waals surface area contributed by atoms with Crippen LogP contribution in [0.4, 0.5) is 5.69 Å². The van der Waals surface area contributed by atoms with Gasteiger partial charge in [-0.25, -0.2) is 4.79 Å². The predicted molar refractivity (Wildman–Crippen MR) is 101 cm³/mol. The summed E-state index contributed by atoms with van der Waals surface area (Å²) in [7, 11) is 0. The number of nitrogens with zero attached hydrogens (tertiary/aromatic N) is 1. The molecule has 1 aromatic rings. The first kappa shape index (κ1) is 19.8. The third-order valence-electron chi connectivity index (χ3n) is 5.26. The minimum atomic E-state index is -1.11. The molecule has 150 valence electrons. The molecule has 0 radical (unpaired) electrons. The Balaban J connectivity index is 1.65. The van der Waals surface area contributed by atoms with Crippen LogP contribution in [0.2, 0.25) is 0 Å². The van der Waals surface area contributed by atoms with Gasteiger partial charge in [0.1, 0.15) is 6.04 Å². The van der Waals surface area contributed by atoms with Crippen molar-refractivity contribution in [1.29, 1.82) is 0 Å². The van der Waals surface area contributed by atoms with Crippen LogP contribution in [0.5, 0.6) is 0 Å². The molecule has 9 nitrogen and oxygen atoms in total. The summed E-state index contributed by atoms with van der Waals surface area (Å²) in [6, 6.07) is 3.16. The van der Waals surface area contributed by atoms with Gasteiger partial charge in [-0.2, -0.15) is 0 Å². The van der Waals surface area contributed by atoms with E-state index in [1.165, 1.54) is 0 Å². The molecule has 2 heterocycles. The maximum Gasteiger partial charge on any atom is 0.326 e. The van der Waals surface area contributed by atoms with Crippen molar-refractivity contribution in [2.45, 2.75) is 38.3 Å². The Morgan fingerprint density at radius 1 is 1.29 bits per heavy atom. The molecule has 0 bridgehead atoms. The highest BCUT2D eigenvalue weighted by Crippen LogP contribution is 2.25. The van der Waals surface area contributed by atoms with Crippen molar-refractivity contribution in [1.82, 2.24) is 10.2 Å².